The third kappa shape index (κ3) is 3.07. The van der Waals surface area contributed by atoms with Crippen LogP contribution in [0.1, 0.15) is 18.7 Å². The van der Waals surface area contributed by atoms with Crippen molar-refractivity contribution in [3.05, 3.63) is 54.1 Å². The Bertz CT molecular complexity index is 1260. The van der Waals surface area contributed by atoms with Gasteiger partial charge in [-0.05, 0) is 12.1 Å². The minimum atomic E-state index is -1.29. The second-order valence-corrected chi connectivity index (χ2v) is 8.21. The highest BCUT2D eigenvalue weighted by Gasteiger charge is 2.60. The maximum Gasteiger partial charge on any atom is 0.196 e. The van der Waals surface area contributed by atoms with Crippen molar-refractivity contribution in [2.75, 3.05) is 26.2 Å². The lowest BCUT2D eigenvalue weighted by molar-refractivity contribution is -0.125. The molecule has 170 valence electrons. The fourth-order valence-electron chi connectivity index (χ4n) is 4.85. The minimum absolute atomic E-state index is 0.0287. The summed E-state index contributed by atoms with van der Waals surface area (Å²) in [4.78, 5) is 36.2. The molecule has 2 aliphatic rings. The number of carbonyl (C=O) groups is 2. The van der Waals surface area contributed by atoms with Crippen LogP contribution in [0.2, 0.25) is 0 Å². The number of methoxy groups -OCH3 is 2. The Hall–Kier alpha value is -3.85. The number of benzene rings is 2. The summed E-state index contributed by atoms with van der Waals surface area (Å²) in [5.74, 6) is 1.29. The second-order valence-electron chi connectivity index (χ2n) is 8.21. The molecule has 2 atom stereocenters. The number of Topliss-reactive ketones (excluding diaryl/α,β-unsaturated/α-hetero) is 2. The maximum atomic E-state index is 14.0. The Morgan fingerprint density at radius 3 is 2.42 bits per heavy atom. The average Bonchev–Trinajstić information content (AvgIpc) is 3.45. The average molecular weight is 448 g/mol. The standard InChI is InChI=1S/C24H24N4O5/c1-25-23-20(22-26-16-6-4-5-7-17(16)27-22)21(31)24(11-18(29)19(30)12-24)28(23)13-8-14(32-2)10-15(9-13)33-3/h4-10,18,25,29H,11-12H2,1-3H3,(H,26,27). The van der Waals surface area contributed by atoms with E-state index in [9.17, 15) is 14.7 Å². The first kappa shape index (κ1) is 21.0. The number of imidazole rings is 1. The lowest BCUT2D eigenvalue weighted by Gasteiger charge is -2.36. The molecule has 1 aliphatic carbocycles. The maximum absolute atomic E-state index is 14.0. The first-order valence-electron chi connectivity index (χ1n) is 10.6. The Morgan fingerprint density at radius 2 is 1.85 bits per heavy atom. The number of ketones is 2. The zero-order chi connectivity index (χ0) is 23.3. The van der Waals surface area contributed by atoms with Gasteiger partial charge in [0.05, 0.1) is 30.9 Å². The number of nitrogens with zero attached hydrogens (tertiary/aromatic N) is 2. The van der Waals surface area contributed by atoms with Gasteiger partial charge in [0.25, 0.3) is 0 Å². The summed E-state index contributed by atoms with van der Waals surface area (Å²) < 4.78 is 10.9. The molecule has 2 aromatic carbocycles. The quantitative estimate of drug-likeness (QED) is 0.543. The highest BCUT2D eigenvalue weighted by Crippen LogP contribution is 2.49. The largest absolute Gasteiger partial charge is 0.497 e. The number of nitrogens with one attached hydrogen (secondary N) is 2. The molecule has 9 nitrogen and oxygen atoms in total. The number of H-pyrrole nitrogens is 1. The summed E-state index contributed by atoms with van der Waals surface area (Å²) in [6.45, 7) is 0. The van der Waals surface area contributed by atoms with Gasteiger partial charge in [0.2, 0.25) is 0 Å². The van der Waals surface area contributed by atoms with E-state index in [0.717, 1.165) is 11.0 Å². The fourth-order valence-corrected chi connectivity index (χ4v) is 4.85. The zero-order valence-electron chi connectivity index (χ0n) is 18.5. The number of anilines is 1. The number of ether oxygens (including phenoxy) is 2. The van der Waals surface area contributed by atoms with Gasteiger partial charge in [0.1, 0.15) is 40.4 Å². The SMILES string of the molecule is CNC1=C(c2nc3ccccc3[nH]2)C(=O)C2(CC(=O)C(O)C2)N1c1cc(OC)cc(OC)c1. The monoisotopic (exact) mass is 448 g/mol. The van der Waals surface area contributed by atoms with Gasteiger partial charge in [-0.25, -0.2) is 4.98 Å². The third-order valence-electron chi connectivity index (χ3n) is 6.36. The van der Waals surface area contributed by atoms with Crippen LogP contribution in [-0.4, -0.2) is 59.6 Å². The molecule has 5 rings (SSSR count). The summed E-state index contributed by atoms with van der Waals surface area (Å²) in [5, 5.41) is 13.5. The molecule has 1 spiro atoms. The van der Waals surface area contributed by atoms with Crippen LogP contribution in [0, 0.1) is 0 Å². The number of fused-ring (bicyclic) bond motifs is 1. The van der Waals surface area contributed by atoms with Gasteiger partial charge in [0, 0.05) is 38.1 Å². The number of aliphatic hydroxyl groups excluding tert-OH is 1. The normalized spacial score (nSPS) is 22.7. The van der Waals surface area contributed by atoms with Gasteiger partial charge in [-0.3, -0.25) is 9.59 Å². The summed E-state index contributed by atoms with van der Waals surface area (Å²) >= 11 is 0. The van der Waals surface area contributed by atoms with Crippen LogP contribution in [0.5, 0.6) is 11.5 Å². The molecule has 2 heterocycles. The van der Waals surface area contributed by atoms with Gasteiger partial charge in [-0.2, -0.15) is 0 Å². The van der Waals surface area contributed by atoms with Crippen LogP contribution in [0.3, 0.4) is 0 Å². The Balaban J connectivity index is 1.76. The van der Waals surface area contributed by atoms with E-state index < -0.39 is 11.6 Å². The van der Waals surface area contributed by atoms with E-state index >= 15 is 0 Å². The van der Waals surface area contributed by atoms with Crippen LogP contribution < -0.4 is 19.7 Å². The Kier molecular flexibility index (Phi) is 4.86. The van der Waals surface area contributed by atoms with Crippen molar-refractivity contribution in [3.8, 4) is 11.5 Å². The molecule has 0 radical (unpaired) electrons. The van der Waals surface area contributed by atoms with E-state index in [2.05, 4.69) is 15.3 Å². The number of para-hydroxylation sites is 2. The smallest absolute Gasteiger partial charge is 0.196 e. The number of rotatable bonds is 5. The highest BCUT2D eigenvalue weighted by atomic mass is 16.5. The number of hydrogen-bond donors (Lipinski definition) is 3. The summed E-state index contributed by atoms with van der Waals surface area (Å²) in [7, 11) is 4.80. The Morgan fingerprint density at radius 1 is 1.15 bits per heavy atom. The molecule has 1 aromatic heterocycles. The van der Waals surface area contributed by atoms with Crippen molar-refractivity contribution < 1.29 is 24.2 Å². The number of aromatic nitrogens is 2. The van der Waals surface area contributed by atoms with E-state index in [1.54, 1.807) is 44.4 Å². The number of aromatic amines is 1. The van der Waals surface area contributed by atoms with Gasteiger partial charge in [-0.15, -0.1) is 0 Å². The Labute approximate surface area is 190 Å². The summed E-state index contributed by atoms with van der Waals surface area (Å²) in [6.07, 6.45) is -1.38. The molecule has 1 fully saturated rings. The number of aliphatic hydroxyl groups is 1. The molecule has 9 heteroatoms. The van der Waals surface area contributed by atoms with Crippen molar-refractivity contribution in [2.45, 2.75) is 24.5 Å². The predicted octanol–water partition coefficient (Wildman–Crippen LogP) is 2.02. The van der Waals surface area contributed by atoms with E-state index in [0.29, 0.717) is 34.4 Å². The summed E-state index contributed by atoms with van der Waals surface area (Å²) in [5.41, 5.74) is 1.15. The van der Waals surface area contributed by atoms with Crippen LogP contribution >= 0.6 is 0 Å². The van der Waals surface area contributed by atoms with Crippen molar-refractivity contribution in [3.63, 3.8) is 0 Å². The molecule has 1 aliphatic heterocycles. The molecule has 0 amide bonds. The lowest BCUT2D eigenvalue weighted by Crippen LogP contribution is -2.50. The van der Waals surface area contributed by atoms with Gasteiger partial charge in [0.15, 0.2) is 11.6 Å². The molecular formula is C24H24N4O5. The first-order valence-corrected chi connectivity index (χ1v) is 10.6. The van der Waals surface area contributed by atoms with Gasteiger partial charge < -0.3 is 29.8 Å². The molecule has 3 N–H and O–H groups in total. The molecule has 3 aromatic rings. The molecule has 2 unspecified atom stereocenters. The van der Waals surface area contributed by atoms with E-state index in [-0.39, 0.29) is 24.4 Å². The molecule has 1 saturated carbocycles. The van der Waals surface area contributed by atoms with E-state index in [1.165, 1.54) is 0 Å². The minimum Gasteiger partial charge on any atom is -0.497 e. The van der Waals surface area contributed by atoms with Crippen molar-refractivity contribution in [2.24, 2.45) is 0 Å². The highest BCUT2D eigenvalue weighted by molar-refractivity contribution is 6.31. The van der Waals surface area contributed by atoms with Crippen molar-refractivity contribution in [1.82, 2.24) is 15.3 Å². The molecule has 0 bridgehead atoms. The van der Waals surface area contributed by atoms with Crippen LogP contribution in [0.15, 0.2) is 48.3 Å². The number of hydrogen-bond acceptors (Lipinski definition) is 8. The van der Waals surface area contributed by atoms with Crippen molar-refractivity contribution >= 4 is 33.9 Å². The first-order chi connectivity index (χ1) is 15.9. The van der Waals surface area contributed by atoms with Gasteiger partial charge in [-0.1, -0.05) is 12.1 Å². The lowest BCUT2D eigenvalue weighted by atomic mass is 9.89. The topological polar surface area (TPSA) is 117 Å². The van der Waals surface area contributed by atoms with Crippen LogP contribution in [-0.2, 0) is 9.59 Å². The zero-order valence-corrected chi connectivity index (χ0v) is 18.5. The van der Waals surface area contributed by atoms with Crippen LogP contribution in [0.25, 0.3) is 16.6 Å². The third-order valence-corrected chi connectivity index (χ3v) is 6.36. The molecule has 33 heavy (non-hydrogen) atoms. The molecule has 0 saturated heterocycles. The predicted molar refractivity (Wildman–Crippen MR) is 122 cm³/mol. The van der Waals surface area contributed by atoms with Crippen LogP contribution in [0.4, 0.5) is 5.69 Å². The van der Waals surface area contributed by atoms with Crippen molar-refractivity contribution in [1.29, 1.82) is 0 Å². The number of carbonyl (C=O) groups excluding carboxylic acids is 2. The second kappa shape index (κ2) is 7.63. The summed E-state index contributed by atoms with van der Waals surface area (Å²) in [6, 6.07) is 12.8. The van der Waals surface area contributed by atoms with Gasteiger partial charge >= 0.3 is 0 Å². The van der Waals surface area contributed by atoms with E-state index in [1.807, 2.05) is 24.3 Å². The molecular weight excluding hydrogens is 424 g/mol. The fraction of sp³-hybridized carbons (Fsp3) is 0.292. The van der Waals surface area contributed by atoms with E-state index in [4.69, 9.17) is 9.47 Å².